The molecular formula is C66H38N6O. The smallest absolute Gasteiger partial charge is 0.153 e. The summed E-state index contributed by atoms with van der Waals surface area (Å²) in [6.45, 7) is 0. The third-order valence-corrected chi connectivity index (χ3v) is 15.3. The predicted octanol–water partition coefficient (Wildman–Crippen LogP) is 16.9. The van der Waals surface area contributed by atoms with Crippen LogP contribution in [-0.4, -0.2) is 23.3 Å². The number of rotatable bonds is 5. The fourth-order valence-corrected chi connectivity index (χ4v) is 12.5. The Morgan fingerprint density at radius 2 is 0.658 bits per heavy atom. The van der Waals surface area contributed by atoms with Gasteiger partial charge in [-0.05, 0) is 66.2 Å². The Hall–Kier alpha value is -10.2. The van der Waals surface area contributed by atoms with Crippen LogP contribution in [0.3, 0.4) is 0 Å². The number of aromatic nitrogens is 5. The molecule has 0 atom stereocenters. The van der Waals surface area contributed by atoms with Crippen molar-refractivity contribution >= 4 is 109 Å². The van der Waals surface area contributed by atoms with E-state index in [1.807, 2.05) is 12.4 Å². The molecule has 6 heterocycles. The number of fused-ring (bicyclic) bond motifs is 15. The molecule has 0 unspecified atom stereocenters. The number of furan rings is 1. The molecule has 7 heteroatoms. The molecule has 16 rings (SSSR count). The van der Waals surface area contributed by atoms with E-state index in [9.17, 15) is 5.26 Å². The summed E-state index contributed by atoms with van der Waals surface area (Å²) in [5, 5.41) is 23.5. The first-order valence-electron chi connectivity index (χ1n) is 24.6. The van der Waals surface area contributed by atoms with Gasteiger partial charge in [-0.3, -0.25) is 4.98 Å². The van der Waals surface area contributed by atoms with Crippen LogP contribution in [0.5, 0.6) is 0 Å². The van der Waals surface area contributed by atoms with Gasteiger partial charge in [-0.15, -0.1) is 0 Å². The van der Waals surface area contributed by atoms with Crippen molar-refractivity contribution in [3.63, 3.8) is 0 Å². The molecule has 0 saturated heterocycles. The number of hydrogen-bond donors (Lipinski definition) is 0. The Morgan fingerprint density at radius 3 is 1.00 bits per heavy atom. The van der Waals surface area contributed by atoms with Crippen LogP contribution >= 0.6 is 0 Å². The quantitative estimate of drug-likeness (QED) is 0.173. The van der Waals surface area contributed by atoms with Gasteiger partial charge in [0.1, 0.15) is 17.2 Å². The molecule has 16 aromatic rings. The van der Waals surface area contributed by atoms with E-state index in [1.165, 1.54) is 0 Å². The highest BCUT2D eigenvalue weighted by atomic mass is 16.3. The molecule has 0 amide bonds. The van der Waals surface area contributed by atoms with Crippen molar-refractivity contribution in [2.45, 2.75) is 0 Å². The minimum atomic E-state index is 0.518. The topological polar surface area (TPSA) is 69.5 Å². The lowest BCUT2D eigenvalue weighted by molar-refractivity contribution is 0.667. The van der Waals surface area contributed by atoms with E-state index in [-0.39, 0.29) is 0 Å². The van der Waals surface area contributed by atoms with Crippen molar-refractivity contribution < 1.29 is 4.42 Å². The number of pyridine rings is 1. The Labute approximate surface area is 416 Å². The number of nitriles is 1. The van der Waals surface area contributed by atoms with Crippen molar-refractivity contribution in [3.8, 4) is 39.9 Å². The van der Waals surface area contributed by atoms with E-state index < -0.39 is 0 Å². The zero-order chi connectivity index (χ0) is 47.9. The highest BCUT2D eigenvalue weighted by Crippen LogP contribution is 2.53. The summed E-state index contributed by atoms with van der Waals surface area (Å²) in [5.41, 5.74) is 15.1. The second-order valence-corrected chi connectivity index (χ2v) is 18.9. The molecule has 0 spiro atoms. The average molecular weight is 931 g/mol. The Bertz CT molecular complexity index is 4600. The van der Waals surface area contributed by atoms with E-state index in [4.69, 9.17) is 4.42 Å². The molecule has 0 saturated carbocycles. The van der Waals surface area contributed by atoms with Crippen LogP contribution in [-0.2, 0) is 0 Å². The van der Waals surface area contributed by atoms with E-state index in [2.05, 4.69) is 248 Å². The summed E-state index contributed by atoms with van der Waals surface area (Å²) >= 11 is 0. The second kappa shape index (κ2) is 14.9. The Balaban J connectivity index is 1.30. The first kappa shape index (κ1) is 39.7. The van der Waals surface area contributed by atoms with E-state index in [0.29, 0.717) is 11.1 Å². The van der Waals surface area contributed by atoms with Gasteiger partial charge in [0, 0.05) is 65.6 Å². The van der Waals surface area contributed by atoms with Gasteiger partial charge in [0.2, 0.25) is 0 Å². The zero-order valence-electron chi connectivity index (χ0n) is 39.0. The molecule has 0 bridgehead atoms. The molecule has 0 radical (unpaired) electrons. The first-order valence-corrected chi connectivity index (χ1v) is 24.6. The average Bonchev–Trinajstić information content (AvgIpc) is 4.25. The lowest BCUT2D eigenvalue weighted by atomic mass is 9.91. The molecule has 0 aliphatic rings. The molecule has 7 nitrogen and oxygen atoms in total. The summed E-state index contributed by atoms with van der Waals surface area (Å²) in [5.74, 6) is 0. The minimum Gasteiger partial charge on any atom is -0.454 e. The van der Waals surface area contributed by atoms with Gasteiger partial charge in [0.25, 0.3) is 0 Å². The molecule has 0 aliphatic carbocycles. The zero-order valence-corrected chi connectivity index (χ0v) is 39.0. The third kappa shape index (κ3) is 5.28. The maximum Gasteiger partial charge on any atom is 0.153 e. The van der Waals surface area contributed by atoms with E-state index >= 15 is 0 Å². The third-order valence-electron chi connectivity index (χ3n) is 15.3. The van der Waals surface area contributed by atoms with Crippen LogP contribution in [0.15, 0.2) is 235 Å². The summed E-state index contributed by atoms with van der Waals surface area (Å²) in [6.07, 6.45) is 3.66. The Morgan fingerprint density at radius 1 is 0.329 bits per heavy atom. The number of hydrogen-bond acceptors (Lipinski definition) is 3. The summed E-state index contributed by atoms with van der Waals surface area (Å²) in [4.78, 5) is 4.55. The van der Waals surface area contributed by atoms with Crippen molar-refractivity contribution in [3.05, 3.63) is 236 Å². The number of benzene rings is 10. The standard InChI is InChI=1S/C66H38N6O/c67-38-50-63(69-51-27-9-1-18-40(51)41-19-2-10-28-52(41)69)65(71-55-31-13-5-22-44(55)45-23-6-14-32-56(45)71)62(49-26-17-35-59-61(49)48-36-37-68-39-60(48)73-59)66(72-57-33-15-7-24-46(57)47-25-8-16-34-58(47)72)64(50)70-53-29-11-3-20-42(53)43-21-4-12-30-54(43)70/h1-37,39H. The number of para-hydroxylation sites is 8. The monoisotopic (exact) mass is 930 g/mol. The van der Waals surface area contributed by atoms with Crippen molar-refractivity contribution in [2.24, 2.45) is 0 Å². The second-order valence-electron chi connectivity index (χ2n) is 18.9. The molecule has 73 heavy (non-hydrogen) atoms. The fraction of sp³-hybridized carbons (Fsp3) is 0. The van der Waals surface area contributed by atoms with Crippen LogP contribution in [0.1, 0.15) is 5.56 Å². The van der Waals surface area contributed by atoms with E-state index in [1.54, 1.807) is 0 Å². The Kier molecular flexibility index (Phi) is 8.11. The van der Waals surface area contributed by atoms with Gasteiger partial charge in [0.15, 0.2) is 5.58 Å². The fourth-order valence-electron chi connectivity index (χ4n) is 12.5. The minimum absolute atomic E-state index is 0.518. The van der Waals surface area contributed by atoms with Crippen molar-refractivity contribution in [2.75, 3.05) is 0 Å². The van der Waals surface area contributed by atoms with Gasteiger partial charge >= 0.3 is 0 Å². The normalized spacial score (nSPS) is 12.1. The lowest BCUT2D eigenvalue weighted by Crippen LogP contribution is -2.16. The van der Waals surface area contributed by atoms with Crippen LogP contribution in [0.2, 0.25) is 0 Å². The molecule has 10 aromatic carbocycles. The maximum atomic E-state index is 12.8. The van der Waals surface area contributed by atoms with Gasteiger partial charge in [0.05, 0.1) is 73.1 Å². The highest BCUT2D eigenvalue weighted by Gasteiger charge is 2.35. The van der Waals surface area contributed by atoms with Crippen molar-refractivity contribution in [1.82, 2.24) is 23.3 Å². The van der Waals surface area contributed by atoms with Gasteiger partial charge in [-0.2, -0.15) is 5.26 Å². The summed E-state index contributed by atoms with van der Waals surface area (Å²) < 4.78 is 16.4. The van der Waals surface area contributed by atoms with Crippen LogP contribution in [0, 0.1) is 11.3 Å². The largest absolute Gasteiger partial charge is 0.454 e. The molecular weight excluding hydrogens is 893 g/mol. The molecule has 338 valence electrons. The van der Waals surface area contributed by atoms with E-state index in [0.717, 1.165) is 137 Å². The molecule has 0 N–H and O–H groups in total. The van der Waals surface area contributed by atoms with Crippen LogP contribution in [0.25, 0.3) is 143 Å². The lowest BCUT2D eigenvalue weighted by Gasteiger charge is -2.29. The van der Waals surface area contributed by atoms with Crippen molar-refractivity contribution in [1.29, 1.82) is 5.26 Å². The van der Waals surface area contributed by atoms with Gasteiger partial charge in [-0.25, -0.2) is 0 Å². The molecule has 0 fully saturated rings. The summed E-state index contributed by atoms with van der Waals surface area (Å²) in [7, 11) is 0. The number of nitrogens with zero attached hydrogens (tertiary/aromatic N) is 6. The molecule has 6 aromatic heterocycles. The highest BCUT2D eigenvalue weighted by molar-refractivity contribution is 6.20. The summed E-state index contributed by atoms with van der Waals surface area (Å²) in [6, 6.07) is 80.8. The predicted molar refractivity (Wildman–Crippen MR) is 299 cm³/mol. The maximum absolute atomic E-state index is 12.8. The van der Waals surface area contributed by atoms with Crippen LogP contribution < -0.4 is 0 Å². The van der Waals surface area contributed by atoms with Gasteiger partial charge < -0.3 is 22.7 Å². The molecule has 0 aliphatic heterocycles. The van der Waals surface area contributed by atoms with Crippen LogP contribution in [0.4, 0.5) is 0 Å². The SMILES string of the molecule is N#Cc1c(-n2c3ccccc3c3ccccc32)c(-n2c3ccccc3c3ccccc32)c(-c2cccc3oc4cnccc4c23)c(-n2c3ccccc3c3ccccc32)c1-n1c2ccccc2c2ccccc21. The van der Waals surface area contributed by atoms with Gasteiger partial charge in [-0.1, -0.05) is 158 Å². The first-order chi connectivity index (χ1) is 36.3.